The Morgan fingerprint density at radius 3 is 2.67 bits per heavy atom. The van der Waals surface area contributed by atoms with Crippen molar-refractivity contribution in [1.29, 1.82) is 0 Å². The van der Waals surface area contributed by atoms with E-state index in [2.05, 4.69) is 5.32 Å². The largest absolute Gasteiger partial charge is 0.479 e. The van der Waals surface area contributed by atoms with Gasteiger partial charge in [0.05, 0.1) is 11.4 Å². The Morgan fingerprint density at radius 1 is 1.24 bits per heavy atom. The average Bonchev–Trinajstić information content (AvgIpc) is 2.95. The Hall–Kier alpha value is -2.41. The fourth-order valence-electron chi connectivity index (χ4n) is 2.60. The molecular weight excluding hydrogens is 276 g/mol. The van der Waals surface area contributed by atoms with Crippen LogP contribution >= 0.6 is 0 Å². The molecule has 21 heavy (non-hydrogen) atoms. The molecular formula is C14H14N2O5. The van der Waals surface area contributed by atoms with Crippen molar-refractivity contribution in [2.75, 3.05) is 16.8 Å². The number of carbonyl (C=O) groups excluding carboxylic acids is 2. The number of amides is 2. The molecule has 2 atom stereocenters. The van der Waals surface area contributed by atoms with Gasteiger partial charge in [0.1, 0.15) is 12.6 Å². The molecule has 7 heteroatoms. The molecule has 3 rings (SSSR count). The number of carboxylic acids is 1. The van der Waals surface area contributed by atoms with Gasteiger partial charge in [0.15, 0.2) is 6.10 Å². The van der Waals surface area contributed by atoms with Crippen molar-refractivity contribution in [2.45, 2.75) is 25.0 Å². The molecule has 0 radical (unpaired) electrons. The number of rotatable bonds is 2. The molecule has 0 saturated carbocycles. The number of ether oxygens (including phenoxy) is 1. The Balaban J connectivity index is 1.82. The first kappa shape index (κ1) is 13.6. The van der Waals surface area contributed by atoms with E-state index in [4.69, 9.17) is 9.84 Å². The van der Waals surface area contributed by atoms with Crippen LogP contribution in [0.5, 0.6) is 0 Å². The number of fused-ring (bicyclic) bond motifs is 1. The molecule has 1 aromatic carbocycles. The molecule has 1 aromatic rings. The van der Waals surface area contributed by atoms with Gasteiger partial charge in [-0.05, 0) is 25.0 Å². The predicted molar refractivity (Wildman–Crippen MR) is 73.0 cm³/mol. The van der Waals surface area contributed by atoms with Crippen molar-refractivity contribution >= 4 is 29.2 Å². The SMILES string of the molecule is O=C1CN(C(=O)[C@@H]2CC[C@H](C(=O)O)O2)c2ccccc2N1. The van der Waals surface area contributed by atoms with Crippen molar-refractivity contribution in [2.24, 2.45) is 0 Å². The maximum atomic E-state index is 12.5. The minimum atomic E-state index is -1.07. The lowest BCUT2D eigenvalue weighted by atomic mass is 10.1. The van der Waals surface area contributed by atoms with E-state index >= 15 is 0 Å². The van der Waals surface area contributed by atoms with Gasteiger partial charge in [-0.15, -0.1) is 0 Å². The van der Waals surface area contributed by atoms with Gasteiger partial charge in [0, 0.05) is 0 Å². The average molecular weight is 290 g/mol. The van der Waals surface area contributed by atoms with Crippen molar-refractivity contribution in [3.63, 3.8) is 0 Å². The molecule has 0 bridgehead atoms. The fourth-order valence-corrected chi connectivity index (χ4v) is 2.60. The van der Waals surface area contributed by atoms with Crippen molar-refractivity contribution in [1.82, 2.24) is 0 Å². The molecule has 0 spiro atoms. The molecule has 110 valence electrons. The molecule has 2 N–H and O–H groups in total. The number of nitrogens with zero attached hydrogens (tertiary/aromatic N) is 1. The number of hydrogen-bond acceptors (Lipinski definition) is 4. The number of benzene rings is 1. The zero-order valence-corrected chi connectivity index (χ0v) is 11.1. The maximum absolute atomic E-state index is 12.5. The molecule has 1 saturated heterocycles. The maximum Gasteiger partial charge on any atom is 0.332 e. The standard InChI is InChI=1S/C14H14N2O5/c17-12-7-16(9-4-2-1-3-8(9)15-12)13(18)10-5-6-11(21-10)14(19)20/h1-4,10-11H,5-7H2,(H,15,17)(H,19,20)/t10-,11+/m0/s1. The van der Waals surface area contributed by atoms with Gasteiger partial charge in [-0.3, -0.25) is 14.5 Å². The lowest BCUT2D eigenvalue weighted by Gasteiger charge is -2.30. The fraction of sp³-hybridized carbons (Fsp3) is 0.357. The van der Waals surface area contributed by atoms with Crippen molar-refractivity contribution in [3.8, 4) is 0 Å². The Kier molecular flexibility index (Phi) is 3.34. The van der Waals surface area contributed by atoms with E-state index in [9.17, 15) is 14.4 Å². The highest BCUT2D eigenvalue weighted by atomic mass is 16.5. The third-order valence-electron chi connectivity index (χ3n) is 3.61. The van der Waals surface area contributed by atoms with Crippen LogP contribution in [-0.2, 0) is 19.1 Å². The Morgan fingerprint density at radius 2 is 1.95 bits per heavy atom. The second-order valence-corrected chi connectivity index (χ2v) is 5.02. The zero-order chi connectivity index (χ0) is 15.0. The summed E-state index contributed by atoms with van der Waals surface area (Å²) in [5.41, 5.74) is 1.17. The smallest absolute Gasteiger partial charge is 0.332 e. The van der Waals surface area contributed by atoms with Crippen LogP contribution in [0.4, 0.5) is 11.4 Å². The summed E-state index contributed by atoms with van der Waals surface area (Å²) in [6, 6.07) is 6.98. The third-order valence-corrected chi connectivity index (χ3v) is 3.61. The summed E-state index contributed by atoms with van der Waals surface area (Å²) in [6.07, 6.45) is -1.12. The monoisotopic (exact) mass is 290 g/mol. The molecule has 2 aliphatic rings. The van der Waals surface area contributed by atoms with E-state index in [1.807, 2.05) is 0 Å². The predicted octanol–water partition coefficient (Wildman–Crippen LogP) is 0.604. The molecule has 0 aliphatic carbocycles. The number of nitrogens with one attached hydrogen (secondary N) is 1. The lowest BCUT2D eigenvalue weighted by Crippen LogP contribution is -2.46. The van der Waals surface area contributed by atoms with Crippen LogP contribution in [-0.4, -0.2) is 41.6 Å². The quantitative estimate of drug-likeness (QED) is 0.831. The number of carboxylic acid groups (broad SMARTS) is 1. The van der Waals surface area contributed by atoms with Gasteiger partial charge in [0.2, 0.25) is 5.91 Å². The van der Waals surface area contributed by atoms with Gasteiger partial charge in [-0.2, -0.15) is 0 Å². The number of carbonyl (C=O) groups is 3. The van der Waals surface area contributed by atoms with Gasteiger partial charge < -0.3 is 15.2 Å². The molecule has 2 amide bonds. The third kappa shape index (κ3) is 2.47. The summed E-state index contributed by atoms with van der Waals surface area (Å²) in [6.45, 7) is -0.0898. The molecule has 2 aliphatic heterocycles. The van der Waals surface area contributed by atoms with Crippen LogP contribution in [0, 0.1) is 0 Å². The first-order valence-electron chi connectivity index (χ1n) is 6.65. The van der Waals surface area contributed by atoms with E-state index in [1.165, 1.54) is 4.90 Å². The topological polar surface area (TPSA) is 95.9 Å². The molecule has 2 heterocycles. The van der Waals surface area contributed by atoms with Crippen molar-refractivity contribution in [3.05, 3.63) is 24.3 Å². The summed E-state index contributed by atoms with van der Waals surface area (Å²) in [4.78, 5) is 36.4. The van der Waals surface area contributed by atoms with Gasteiger partial charge in [-0.1, -0.05) is 12.1 Å². The summed E-state index contributed by atoms with van der Waals surface area (Å²) >= 11 is 0. The second-order valence-electron chi connectivity index (χ2n) is 5.02. The van der Waals surface area contributed by atoms with Crippen LogP contribution in [0.2, 0.25) is 0 Å². The van der Waals surface area contributed by atoms with Crippen LogP contribution in [0.3, 0.4) is 0 Å². The zero-order valence-electron chi connectivity index (χ0n) is 11.1. The minimum Gasteiger partial charge on any atom is -0.479 e. The van der Waals surface area contributed by atoms with Gasteiger partial charge >= 0.3 is 5.97 Å². The second kappa shape index (κ2) is 5.17. The minimum absolute atomic E-state index is 0.0898. The summed E-state index contributed by atoms with van der Waals surface area (Å²) in [7, 11) is 0. The van der Waals surface area contributed by atoms with Crippen LogP contribution in [0.15, 0.2) is 24.3 Å². The molecule has 1 fully saturated rings. The van der Waals surface area contributed by atoms with Crippen LogP contribution in [0.1, 0.15) is 12.8 Å². The number of hydrogen-bond donors (Lipinski definition) is 2. The van der Waals surface area contributed by atoms with E-state index in [1.54, 1.807) is 24.3 Å². The molecule has 0 unspecified atom stereocenters. The summed E-state index contributed by atoms with van der Waals surface area (Å²) in [5.74, 6) is -1.72. The number of anilines is 2. The number of aliphatic carboxylic acids is 1. The first-order chi connectivity index (χ1) is 10.1. The highest BCUT2D eigenvalue weighted by molar-refractivity contribution is 6.11. The van der Waals surface area contributed by atoms with Crippen molar-refractivity contribution < 1.29 is 24.2 Å². The molecule has 7 nitrogen and oxygen atoms in total. The van der Waals surface area contributed by atoms with E-state index in [0.717, 1.165) is 0 Å². The van der Waals surface area contributed by atoms with Crippen LogP contribution in [0.25, 0.3) is 0 Å². The summed E-state index contributed by atoms with van der Waals surface area (Å²) < 4.78 is 5.27. The summed E-state index contributed by atoms with van der Waals surface area (Å²) in [5, 5.41) is 11.6. The highest BCUT2D eigenvalue weighted by Crippen LogP contribution is 2.31. The highest BCUT2D eigenvalue weighted by Gasteiger charge is 2.39. The number of para-hydroxylation sites is 2. The first-order valence-corrected chi connectivity index (χ1v) is 6.65. The normalized spacial score (nSPS) is 24.4. The molecule has 0 aromatic heterocycles. The Labute approximate surface area is 120 Å². The van der Waals surface area contributed by atoms with Gasteiger partial charge in [0.25, 0.3) is 5.91 Å². The van der Waals surface area contributed by atoms with E-state index in [-0.39, 0.29) is 18.4 Å². The lowest BCUT2D eigenvalue weighted by molar-refractivity contribution is -0.151. The van der Waals surface area contributed by atoms with Crippen LogP contribution < -0.4 is 10.2 Å². The van der Waals surface area contributed by atoms with E-state index in [0.29, 0.717) is 24.2 Å². The van der Waals surface area contributed by atoms with E-state index < -0.39 is 18.2 Å². The van der Waals surface area contributed by atoms with Gasteiger partial charge in [-0.25, -0.2) is 4.79 Å². The Bertz CT molecular complexity index is 615.